The second-order valence-corrected chi connectivity index (χ2v) is 6.93. The van der Waals surface area contributed by atoms with Crippen LogP contribution in [-0.2, 0) is 11.3 Å². The molecular weight excluding hydrogens is 258 g/mol. The maximum absolute atomic E-state index is 12.3. The molecule has 0 radical (unpaired) electrons. The van der Waals surface area contributed by atoms with Gasteiger partial charge in [-0.3, -0.25) is 9.69 Å². The highest BCUT2D eigenvalue weighted by Crippen LogP contribution is 2.33. The number of nitrogens with zero attached hydrogens (tertiary/aromatic N) is 1. The van der Waals surface area contributed by atoms with E-state index in [0.29, 0.717) is 17.7 Å². The van der Waals surface area contributed by atoms with Crippen LogP contribution in [-0.4, -0.2) is 23.3 Å². The molecule has 2 heteroatoms. The molecule has 114 valence electrons. The van der Waals surface area contributed by atoms with Gasteiger partial charge < -0.3 is 0 Å². The molecule has 0 amide bonds. The lowest BCUT2D eigenvalue weighted by atomic mass is 9.81. The Balaban J connectivity index is 1.74. The molecule has 1 saturated carbocycles. The van der Waals surface area contributed by atoms with E-state index in [1.165, 1.54) is 36.0 Å². The van der Waals surface area contributed by atoms with Crippen molar-refractivity contribution < 1.29 is 4.79 Å². The first-order chi connectivity index (χ1) is 10.1. The van der Waals surface area contributed by atoms with Crippen LogP contribution in [0.5, 0.6) is 0 Å². The van der Waals surface area contributed by atoms with Gasteiger partial charge in [-0.1, -0.05) is 30.2 Å². The monoisotopic (exact) mass is 285 g/mol. The molecule has 1 aromatic carbocycles. The first kappa shape index (κ1) is 14.8. The molecule has 1 saturated heterocycles. The van der Waals surface area contributed by atoms with Gasteiger partial charge >= 0.3 is 0 Å². The van der Waals surface area contributed by atoms with Crippen molar-refractivity contribution in [1.29, 1.82) is 0 Å². The minimum atomic E-state index is 0.311. The number of carbonyl (C=O) groups excluding carboxylic acids is 1. The summed E-state index contributed by atoms with van der Waals surface area (Å²) in [5.41, 5.74) is 4.14. The average molecular weight is 285 g/mol. The van der Waals surface area contributed by atoms with Crippen LogP contribution < -0.4 is 0 Å². The van der Waals surface area contributed by atoms with Crippen molar-refractivity contribution in [3.05, 3.63) is 34.9 Å². The van der Waals surface area contributed by atoms with E-state index in [1.807, 2.05) is 0 Å². The summed E-state index contributed by atoms with van der Waals surface area (Å²) in [5, 5.41) is 0. The van der Waals surface area contributed by atoms with Crippen molar-refractivity contribution in [2.24, 2.45) is 5.92 Å². The second kappa shape index (κ2) is 6.31. The van der Waals surface area contributed by atoms with E-state index < -0.39 is 0 Å². The van der Waals surface area contributed by atoms with Crippen LogP contribution in [0.25, 0.3) is 0 Å². The number of rotatable bonds is 3. The van der Waals surface area contributed by atoms with Crippen molar-refractivity contribution >= 4 is 5.78 Å². The van der Waals surface area contributed by atoms with Crippen LogP contribution in [0.2, 0.25) is 0 Å². The third-order valence-electron chi connectivity index (χ3n) is 5.36. The summed E-state index contributed by atoms with van der Waals surface area (Å²) in [5.74, 6) is 0.838. The quantitative estimate of drug-likeness (QED) is 0.836. The fourth-order valence-electron chi connectivity index (χ4n) is 4.11. The maximum atomic E-state index is 12.3. The largest absolute Gasteiger partial charge is 0.299 e. The minimum Gasteiger partial charge on any atom is -0.299 e. The lowest BCUT2D eigenvalue weighted by molar-refractivity contribution is -0.126. The fraction of sp³-hybridized carbons (Fsp3) is 0.632. The van der Waals surface area contributed by atoms with Crippen LogP contribution >= 0.6 is 0 Å². The predicted octanol–water partition coefficient (Wildman–Crippen LogP) is 4.03. The average Bonchev–Trinajstić information content (AvgIpc) is 2.91. The first-order valence-electron chi connectivity index (χ1n) is 8.48. The number of hydrogen-bond acceptors (Lipinski definition) is 2. The minimum absolute atomic E-state index is 0.311. The van der Waals surface area contributed by atoms with Gasteiger partial charge in [-0.25, -0.2) is 0 Å². The van der Waals surface area contributed by atoms with Gasteiger partial charge in [-0.15, -0.1) is 0 Å². The molecule has 0 aromatic heterocycles. The molecule has 0 bridgehead atoms. The Kier molecular flexibility index (Phi) is 4.44. The maximum Gasteiger partial charge on any atom is 0.137 e. The van der Waals surface area contributed by atoms with Crippen molar-refractivity contribution in [1.82, 2.24) is 4.90 Å². The van der Waals surface area contributed by atoms with Crippen molar-refractivity contribution in [3.8, 4) is 0 Å². The molecule has 0 spiro atoms. The lowest BCUT2D eigenvalue weighted by Crippen LogP contribution is -2.40. The normalized spacial score (nSPS) is 27.2. The number of carbonyl (C=O) groups is 1. The van der Waals surface area contributed by atoms with E-state index >= 15 is 0 Å². The van der Waals surface area contributed by atoms with E-state index in [4.69, 9.17) is 0 Å². The summed E-state index contributed by atoms with van der Waals surface area (Å²) >= 11 is 0. The smallest absolute Gasteiger partial charge is 0.137 e. The summed E-state index contributed by atoms with van der Waals surface area (Å²) in [6.45, 7) is 6.53. The van der Waals surface area contributed by atoms with Gasteiger partial charge in [-0.2, -0.15) is 0 Å². The highest BCUT2D eigenvalue weighted by molar-refractivity contribution is 5.82. The summed E-state index contributed by atoms with van der Waals surface area (Å²) < 4.78 is 0. The zero-order valence-electron chi connectivity index (χ0n) is 13.4. The van der Waals surface area contributed by atoms with Crippen LogP contribution in [0, 0.1) is 19.8 Å². The zero-order chi connectivity index (χ0) is 14.8. The Morgan fingerprint density at radius 3 is 2.81 bits per heavy atom. The highest BCUT2D eigenvalue weighted by Gasteiger charge is 2.36. The van der Waals surface area contributed by atoms with E-state index in [2.05, 4.69) is 36.9 Å². The number of benzene rings is 1. The Labute approximate surface area is 128 Å². The predicted molar refractivity (Wildman–Crippen MR) is 86.3 cm³/mol. The molecule has 1 aliphatic carbocycles. The van der Waals surface area contributed by atoms with Gasteiger partial charge in [0.15, 0.2) is 0 Å². The van der Waals surface area contributed by atoms with Gasteiger partial charge in [0, 0.05) is 24.9 Å². The Bertz CT molecular complexity index is 522. The van der Waals surface area contributed by atoms with Crippen LogP contribution in [0.4, 0.5) is 0 Å². The highest BCUT2D eigenvalue weighted by atomic mass is 16.1. The Morgan fingerprint density at radius 2 is 2.00 bits per heavy atom. The second-order valence-electron chi connectivity index (χ2n) is 6.93. The van der Waals surface area contributed by atoms with Crippen molar-refractivity contribution in [3.63, 3.8) is 0 Å². The third kappa shape index (κ3) is 3.21. The van der Waals surface area contributed by atoms with Gasteiger partial charge in [-0.05, 0) is 57.2 Å². The van der Waals surface area contributed by atoms with Gasteiger partial charge in [0.25, 0.3) is 0 Å². The molecule has 3 rings (SSSR count). The SMILES string of the molecule is Cc1ccc(C)c(CN2CCCC2C2CCCCC2=O)c1. The number of Topliss-reactive ketones (excluding diaryl/α,β-unsaturated/α-hetero) is 1. The molecule has 1 aromatic rings. The lowest BCUT2D eigenvalue weighted by Gasteiger charge is -2.33. The number of ketones is 1. The fourth-order valence-corrected chi connectivity index (χ4v) is 4.11. The molecule has 0 N–H and O–H groups in total. The Morgan fingerprint density at radius 1 is 1.14 bits per heavy atom. The van der Waals surface area contributed by atoms with Gasteiger partial charge in [0.2, 0.25) is 0 Å². The standard InChI is InChI=1S/C19H27NO/c1-14-9-10-15(2)16(12-14)13-20-11-5-7-18(20)17-6-3-4-8-19(17)21/h9-10,12,17-18H,3-8,11,13H2,1-2H3. The first-order valence-corrected chi connectivity index (χ1v) is 8.48. The van der Waals surface area contributed by atoms with Crippen LogP contribution in [0.1, 0.15) is 55.2 Å². The molecule has 1 aliphatic heterocycles. The summed E-state index contributed by atoms with van der Waals surface area (Å²) in [6, 6.07) is 7.22. The molecule has 21 heavy (non-hydrogen) atoms. The third-order valence-corrected chi connectivity index (χ3v) is 5.36. The number of likely N-dealkylation sites (tertiary alicyclic amines) is 1. The van der Waals surface area contributed by atoms with E-state index in [9.17, 15) is 4.79 Å². The molecule has 1 heterocycles. The van der Waals surface area contributed by atoms with Gasteiger partial charge in [0.1, 0.15) is 5.78 Å². The molecule has 2 aliphatic rings. The van der Waals surface area contributed by atoms with Crippen molar-refractivity contribution in [2.75, 3.05) is 6.54 Å². The zero-order valence-corrected chi connectivity index (χ0v) is 13.4. The molecular formula is C19H27NO. The summed E-state index contributed by atoms with van der Waals surface area (Å²) in [6.07, 6.45) is 6.75. The van der Waals surface area contributed by atoms with E-state index in [0.717, 1.165) is 32.4 Å². The van der Waals surface area contributed by atoms with Gasteiger partial charge in [0.05, 0.1) is 0 Å². The topological polar surface area (TPSA) is 20.3 Å². The van der Waals surface area contributed by atoms with Crippen LogP contribution in [0.15, 0.2) is 18.2 Å². The molecule has 2 fully saturated rings. The molecule has 2 nitrogen and oxygen atoms in total. The number of hydrogen-bond donors (Lipinski definition) is 0. The summed E-state index contributed by atoms with van der Waals surface area (Å²) in [7, 11) is 0. The summed E-state index contributed by atoms with van der Waals surface area (Å²) in [4.78, 5) is 14.9. The Hall–Kier alpha value is -1.15. The van der Waals surface area contributed by atoms with E-state index in [1.54, 1.807) is 0 Å². The molecule has 2 unspecified atom stereocenters. The molecule has 2 atom stereocenters. The van der Waals surface area contributed by atoms with E-state index in [-0.39, 0.29) is 0 Å². The van der Waals surface area contributed by atoms with Crippen LogP contribution in [0.3, 0.4) is 0 Å². The number of aryl methyl sites for hydroxylation is 2. The van der Waals surface area contributed by atoms with Crippen molar-refractivity contribution in [2.45, 2.75) is 65.0 Å².